The normalized spacial score (nSPS) is 32.3. The van der Waals surface area contributed by atoms with Crippen LogP contribution in [-0.2, 0) is 35.7 Å². The highest BCUT2D eigenvalue weighted by molar-refractivity contribution is 6.53. The minimum atomic E-state index is -3.32. The van der Waals surface area contributed by atoms with Crippen LogP contribution in [0.2, 0.25) is 0 Å². The highest BCUT2D eigenvalue weighted by Gasteiger charge is 2.73. The Morgan fingerprint density at radius 2 is 1.63 bits per heavy atom. The summed E-state index contributed by atoms with van der Waals surface area (Å²) in [4.78, 5) is 73.7. The number of aromatic hydroxyl groups is 2. The number of anilines is 1. The van der Waals surface area contributed by atoms with E-state index in [9.17, 15) is 49.5 Å². The summed E-state index contributed by atoms with van der Waals surface area (Å²) >= 11 is 0. The third-order valence-electron chi connectivity index (χ3n) is 10.5. The molecule has 1 fully saturated rings. The fourth-order valence-electron chi connectivity index (χ4n) is 7.99. The maximum absolute atomic E-state index is 14.7. The largest absolute Gasteiger partial charge is 0.507 e. The Morgan fingerprint density at radius 3 is 2.22 bits per heavy atom. The second-order valence-electron chi connectivity index (χ2n) is 12.8. The monoisotopic (exact) mass is 712 g/mol. The lowest BCUT2D eigenvalue weighted by atomic mass is 9.56. The third kappa shape index (κ3) is 4.52. The van der Waals surface area contributed by atoms with Gasteiger partial charge in [-0.25, -0.2) is 4.79 Å². The first kappa shape index (κ1) is 36.2. The molecule has 2 aromatic carbocycles. The van der Waals surface area contributed by atoms with Crippen LogP contribution in [-0.4, -0.2) is 131 Å². The summed E-state index contributed by atoms with van der Waals surface area (Å²) in [7, 11) is 4.54. The number of ketones is 4. The Labute approximate surface area is 289 Å². The maximum Gasteiger partial charge on any atom is 0.342 e. The average molecular weight is 713 g/mol. The summed E-state index contributed by atoms with van der Waals surface area (Å²) in [5.41, 5.74) is -4.84. The smallest absolute Gasteiger partial charge is 0.342 e. The quantitative estimate of drug-likeness (QED) is 0.132. The van der Waals surface area contributed by atoms with Crippen LogP contribution < -0.4 is 5.73 Å². The van der Waals surface area contributed by atoms with Gasteiger partial charge in [0.25, 0.3) is 0 Å². The van der Waals surface area contributed by atoms with E-state index in [2.05, 4.69) is 4.99 Å². The maximum atomic E-state index is 14.7. The van der Waals surface area contributed by atoms with Gasteiger partial charge in [0.2, 0.25) is 17.3 Å². The van der Waals surface area contributed by atoms with E-state index >= 15 is 0 Å². The topological polar surface area (TPSA) is 271 Å². The highest BCUT2D eigenvalue weighted by atomic mass is 16.6. The molecule has 0 radical (unpaired) electrons. The number of rotatable bonds is 5. The van der Waals surface area contributed by atoms with Gasteiger partial charge in [-0.1, -0.05) is 0 Å². The number of aliphatic hydroxyl groups excluding tert-OH is 2. The summed E-state index contributed by atoms with van der Waals surface area (Å²) in [6.45, 7) is 2.95. The molecule has 0 aromatic heterocycles. The lowest BCUT2D eigenvalue weighted by Crippen LogP contribution is -2.73. The average Bonchev–Trinajstić information content (AvgIpc) is 3.08. The first-order valence-electron chi connectivity index (χ1n) is 15.7. The van der Waals surface area contributed by atoms with Crippen molar-refractivity contribution in [1.82, 2.24) is 0 Å². The van der Waals surface area contributed by atoms with Crippen molar-refractivity contribution >= 4 is 40.5 Å². The van der Waals surface area contributed by atoms with Gasteiger partial charge >= 0.3 is 5.97 Å². The number of esters is 1. The number of hydrogen-bond acceptors (Lipinski definition) is 17. The lowest BCUT2D eigenvalue weighted by Gasteiger charge is -2.53. The zero-order chi connectivity index (χ0) is 37.6. The van der Waals surface area contributed by atoms with Crippen LogP contribution in [0.25, 0.3) is 0 Å². The van der Waals surface area contributed by atoms with Crippen molar-refractivity contribution in [3.8, 4) is 11.5 Å². The molecule has 17 heteroatoms. The SMILES string of the molecule is COC(=O)c1c(C)c(N)c2c(c1O)[C@]1(O)C(=O)c3cc4c(c(O)c3C(=O)[C@]1(OC)[C@H](O)C2)C(=O)CC(=N[C@H]1O[C@@H](C)[C@H](OC)[C@@H](O)[C@H]1OC)C4=O. The van der Waals surface area contributed by atoms with Gasteiger partial charge < -0.3 is 55.0 Å². The number of carbonyl (C=O) groups is 5. The zero-order valence-corrected chi connectivity index (χ0v) is 28.3. The standard InChI is InChI=1S/C34H36N2O15/c1-10-18(32(45)49-5)25(41)21-14(22(10)35)8-17(38)34(50-6)30(44)20-13(29(43)33(21,34)46)7-12-19(24(20)40)16(37)9-15(23(12)39)36-31-28(48-4)26(42)27(47-3)11(2)51-31/h7,11,17,26-28,31,38,40-42,46H,8-9,35H2,1-6H3/t11-,17+,26+,27-,28+,31-,33-,34+/m0/s1. The number of aliphatic hydroxyl groups is 3. The van der Waals surface area contributed by atoms with Crippen LogP contribution >= 0.6 is 0 Å². The number of nitrogens with zero attached hydrogens (tertiary/aromatic N) is 1. The number of methoxy groups -OCH3 is 4. The number of phenolic OH excluding ortho intramolecular Hbond substituents is 2. The molecule has 1 saturated heterocycles. The molecule has 3 aliphatic carbocycles. The summed E-state index contributed by atoms with van der Waals surface area (Å²) < 4.78 is 26.7. The Morgan fingerprint density at radius 1 is 0.980 bits per heavy atom. The van der Waals surface area contributed by atoms with Gasteiger partial charge in [0.05, 0.1) is 42.6 Å². The van der Waals surface area contributed by atoms with Crippen molar-refractivity contribution < 1.29 is 73.2 Å². The van der Waals surface area contributed by atoms with E-state index < -0.39 is 140 Å². The number of fused-ring (bicyclic) bond motifs is 5. The van der Waals surface area contributed by atoms with Crippen LogP contribution in [0.3, 0.4) is 0 Å². The summed E-state index contributed by atoms with van der Waals surface area (Å²) in [6.07, 6.45) is -8.51. The molecule has 17 nitrogen and oxygen atoms in total. The fourth-order valence-corrected chi connectivity index (χ4v) is 7.99. The molecular weight excluding hydrogens is 676 g/mol. The Hall–Kier alpha value is -4.62. The Bertz CT molecular complexity index is 1970. The number of ether oxygens (including phenoxy) is 5. The molecule has 51 heavy (non-hydrogen) atoms. The molecule has 0 bridgehead atoms. The van der Waals surface area contributed by atoms with Gasteiger partial charge in [-0.15, -0.1) is 0 Å². The Kier molecular flexibility index (Phi) is 8.70. The van der Waals surface area contributed by atoms with Crippen molar-refractivity contribution in [2.24, 2.45) is 4.99 Å². The van der Waals surface area contributed by atoms with Gasteiger partial charge in [-0.2, -0.15) is 0 Å². The predicted molar refractivity (Wildman–Crippen MR) is 171 cm³/mol. The molecule has 0 unspecified atom stereocenters. The number of phenols is 2. The van der Waals surface area contributed by atoms with E-state index in [1.807, 2.05) is 0 Å². The van der Waals surface area contributed by atoms with Crippen LogP contribution in [0.15, 0.2) is 11.1 Å². The molecule has 1 aliphatic heterocycles. The van der Waals surface area contributed by atoms with E-state index in [0.29, 0.717) is 0 Å². The van der Waals surface area contributed by atoms with Crippen molar-refractivity contribution in [3.63, 3.8) is 0 Å². The van der Waals surface area contributed by atoms with Crippen LogP contribution in [0.4, 0.5) is 5.69 Å². The van der Waals surface area contributed by atoms with Crippen molar-refractivity contribution in [3.05, 3.63) is 50.6 Å². The number of aliphatic imine (C=N–C) groups is 1. The van der Waals surface area contributed by atoms with Gasteiger partial charge in [0.15, 0.2) is 23.2 Å². The number of hydrogen-bond donors (Lipinski definition) is 6. The van der Waals surface area contributed by atoms with Gasteiger partial charge in [0.1, 0.15) is 35.4 Å². The second kappa shape index (κ2) is 12.3. The number of benzene rings is 2. The predicted octanol–water partition coefficient (Wildman–Crippen LogP) is -0.310. The van der Waals surface area contributed by atoms with Crippen molar-refractivity contribution in [1.29, 1.82) is 0 Å². The molecule has 0 spiro atoms. The number of Topliss-reactive ketones (excluding diaryl/α,β-unsaturated/α-hetero) is 4. The minimum absolute atomic E-state index is 0.00578. The molecule has 8 atom stereocenters. The molecule has 1 heterocycles. The van der Waals surface area contributed by atoms with Crippen LogP contribution in [0.1, 0.15) is 81.8 Å². The second-order valence-corrected chi connectivity index (χ2v) is 12.8. The number of nitrogen functional groups attached to an aromatic ring is 1. The molecule has 0 amide bonds. The summed E-state index contributed by atoms with van der Waals surface area (Å²) in [5.74, 6) is -7.85. The molecular formula is C34H36N2O15. The summed E-state index contributed by atoms with van der Waals surface area (Å²) in [6, 6.07) is 0.821. The van der Waals surface area contributed by atoms with Crippen LogP contribution in [0, 0.1) is 6.92 Å². The van der Waals surface area contributed by atoms with Crippen LogP contribution in [0.5, 0.6) is 11.5 Å². The van der Waals surface area contributed by atoms with E-state index in [-0.39, 0.29) is 16.8 Å². The molecule has 7 N–H and O–H groups in total. The molecule has 0 saturated carbocycles. The first-order chi connectivity index (χ1) is 24.0. The van der Waals surface area contributed by atoms with Gasteiger partial charge in [0, 0.05) is 50.1 Å². The van der Waals surface area contributed by atoms with Crippen molar-refractivity contribution in [2.45, 2.75) is 74.6 Å². The van der Waals surface area contributed by atoms with E-state index in [0.717, 1.165) is 20.3 Å². The highest BCUT2D eigenvalue weighted by Crippen LogP contribution is 2.57. The molecule has 272 valence electrons. The molecule has 4 aliphatic rings. The number of nitrogens with two attached hydrogens (primary N) is 1. The van der Waals surface area contributed by atoms with E-state index in [4.69, 9.17) is 29.4 Å². The fraction of sp³-hybridized carbons (Fsp3) is 0.471. The molecule has 6 rings (SSSR count). The van der Waals surface area contributed by atoms with E-state index in [1.165, 1.54) is 21.1 Å². The Balaban J connectivity index is 1.57. The van der Waals surface area contributed by atoms with Gasteiger partial charge in [-0.3, -0.25) is 24.2 Å². The molecule has 2 aromatic rings. The van der Waals surface area contributed by atoms with Gasteiger partial charge in [-0.05, 0) is 31.0 Å². The minimum Gasteiger partial charge on any atom is -0.507 e. The van der Waals surface area contributed by atoms with E-state index in [1.54, 1.807) is 6.92 Å². The zero-order valence-electron chi connectivity index (χ0n) is 28.3. The van der Waals surface area contributed by atoms with Crippen molar-refractivity contribution in [2.75, 3.05) is 34.2 Å². The third-order valence-corrected chi connectivity index (χ3v) is 10.5. The number of carbonyl (C=O) groups excluding carboxylic acids is 5. The lowest BCUT2D eigenvalue weighted by molar-refractivity contribution is -0.228. The summed E-state index contributed by atoms with van der Waals surface area (Å²) in [5, 5.41) is 57.8. The first-order valence-corrected chi connectivity index (χ1v) is 15.7.